The van der Waals surface area contributed by atoms with Crippen LogP contribution in [0.4, 0.5) is 0 Å². The van der Waals surface area contributed by atoms with E-state index < -0.39 is 0 Å². The zero-order valence-electron chi connectivity index (χ0n) is 13.7. The quantitative estimate of drug-likeness (QED) is 0.620. The monoisotopic (exact) mass is 336 g/mol. The molecule has 3 nitrogen and oxygen atoms in total. The van der Waals surface area contributed by atoms with Crippen molar-refractivity contribution in [2.24, 2.45) is 11.8 Å². The Morgan fingerprint density at radius 2 is 2.25 bits per heavy atom. The molecule has 0 aromatic carbocycles. The molecule has 0 spiro atoms. The van der Waals surface area contributed by atoms with Gasteiger partial charge in [0, 0.05) is 42.8 Å². The maximum atomic E-state index is 12.2. The number of aromatic nitrogens is 1. The van der Waals surface area contributed by atoms with Crippen molar-refractivity contribution in [3.8, 4) is 0 Å². The second-order valence-electron chi connectivity index (χ2n) is 6.65. The highest BCUT2D eigenvalue weighted by molar-refractivity contribution is 7.08. The molecule has 2 aromatic rings. The number of carbonyl (C=O) groups excluding carboxylic acids is 1. The Morgan fingerprint density at radius 3 is 2.96 bits per heavy atom. The topological polar surface area (TPSA) is 33.2 Å². The zero-order chi connectivity index (χ0) is 16.5. The second-order valence-corrected chi connectivity index (χ2v) is 7.43. The number of thiophene rings is 1. The molecule has 0 bridgehead atoms. The van der Waals surface area contributed by atoms with Crippen LogP contribution in [0.25, 0.3) is 5.57 Å². The molecule has 2 atom stereocenters. The van der Waals surface area contributed by atoms with Crippen LogP contribution in [0.15, 0.2) is 53.5 Å². The summed E-state index contributed by atoms with van der Waals surface area (Å²) in [5.74, 6) is 1.32. The molecule has 1 aliphatic heterocycles. The summed E-state index contributed by atoms with van der Waals surface area (Å²) in [6, 6.07) is 5.92. The lowest BCUT2D eigenvalue weighted by Gasteiger charge is -2.13. The summed E-state index contributed by atoms with van der Waals surface area (Å²) in [6.45, 7) is 3.96. The number of likely N-dealkylation sites (tertiary alicyclic amines) is 1. The van der Waals surface area contributed by atoms with Crippen molar-refractivity contribution in [2.45, 2.75) is 13.3 Å². The minimum Gasteiger partial charge on any atom is -0.376 e. The van der Waals surface area contributed by atoms with Gasteiger partial charge in [0.05, 0.1) is 0 Å². The normalized spacial score (nSPS) is 22.9. The number of rotatable bonds is 4. The highest BCUT2D eigenvalue weighted by atomic mass is 32.1. The van der Waals surface area contributed by atoms with Gasteiger partial charge in [-0.05, 0) is 65.3 Å². The van der Waals surface area contributed by atoms with Crippen molar-refractivity contribution >= 4 is 22.7 Å². The molecular weight excluding hydrogens is 316 g/mol. The predicted molar refractivity (Wildman–Crippen MR) is 97.9 cm³/mol. The van der Waals surface area contributed by atoms with E-state index in [4.69, 9.17) is 0 Å². The summed E-state index contributed by atoms with van der Waals surface area (Å²) < 4.78 is 0. The third-order valence-electron chi connectivity index (χ3n) is 4.94. The van der Waals surface area contributed by atoms with Crippen LogP contribution in [0.2, 0.25) is 0 Å². The van der Waals surface area contributed by atoms with Gasteiger partial charge in [0.15, 0.2) is 5.78 Å². The molecule has 1 saturated heterocycles. The number of fused-ring (bicyclic) bond motifs is 1. The summed E-state index contributed by atoms with van der Waals surface area (Å²) >= 11 is 1.76. The third-order valence-corrected chi connectivity index (χ3v) is 5.63. The number of pyridine rings is 1. The Hall–Kier alpha value is -2.20. The average molecular weight is 336 g/mol. The van der Waals surface area contributed by atoms with Crippen LogP contribution in [-0.2, 0) is 0 Å². The SMILES string of the molecule is Cc1ccc(C(=O)/C=C/N2CC3C=C(c4ccsc4)CC3C2)cn1. The van der Waals surface area contributed by atoms with Gasteiger partial charge >= 0.3 is 0 Å². The molecule has 4 rings (SSSR count). The number of hydrogen-bond acceptors (Lipinski definition) is 4. The number of carbonyl (C=O) groups is 1. The Bertz CT molecular complexity index is 790. The van der Waals surface area contributed by atoms with Crippen LogP contribution in [0.1, 0.15) is 28.0 Å². The highest BCUT2D eigenvalue weighted by Crippen LogP contribution is 2.41. The van der Waals surface area contributed by atoms with E-state index in [0.29, 0.717) is 17.4 Å². The predicted octanol–water partition coefficient (Wildman–Crippen LogP) is 4.18. The van der Waals surface area contributed by atoms with Crippen LogP contribution in [0.5, 0.6) is 0 Å². The van der Waals surface area contributed by atoms with Crippen molar-refractivity contribution in [3.05, 3.63) is 70.3 Å². The number of aryl methyl sites for hydroxylation is 1. The zero-order valence-corrected chi connectivity index (χ0v) is 14.5. The van der Waals surface area contributed by atoms with E-state index in [1.165, 1.54) is 11.1 Å². The fourth-order valence-corrected chi connectivity index (χ4v) is 4.29. The first-order valence-corrected chi connectivity index (χ1v) is 9.26. The highest BCUT2D eigenvalue weighted by Gasteiger charge is 2.35. The molecule has 2 aliphatic rings. The Kier molecular flexibility index (Phi) is 4.07. The van der Waals surface area contributed by atoms with Crippen molar-refractivity contribution in [2.75, 3.05) is 13.1 Å². The smallest absolute Gasteiger partial charge is 0.188 e. The molecule has 24 heavy (non-hydrogen) atoms. The van der Waals surface area contributed by atoms with E-state index >= 15 is 0 Å². The Morgan fingerprint density at radius 1 is 1.33 bits per heavy atom. The summed E-state index contributed by atoms with van der Waals surface area (Å²) in [4.78, 5) is 18.7. The molecule has 2 unspecified atom stereocenters. The third kappa shape index (κ3) is 3.06. The molecule has 1 aliphatic carbocycles. The van der Waals surface area contributed by atoms with E-state index in [1.807, 2.05) is 25.3 Å². The molecule has 0 amide bonds. The first-order chi connectivity index (χ1) is 11.7. The first kappa shape index (κ1) is 15.3. The van der Waals surface area contributed by atoms with E-state index in [9.17, 15) is 4.79 Å². The van der Waals surface area contributed by atoms with E-state index in [2.05, 4.69) is 32.8 Å². The van der Waals surface area contributed by atoms with Crippen molar-refractivity contribution in [3.63, 3.8) is 0 Å². The number of allylic oxidation sites excluding steroid dienone is 2. The minimum absolute atomic E-state index is 0.0223. The van der Waals surface area contributed by atoms with Gasteiger partial charge in [0.2, 0.25) is 0 Å². The molecule has 122 valence electrons. The van der Waals surface area contributed by atoms with Crippen LogP contribution in [0.3, 0.4) is 0 Å². The molecule has 2 aromatic heterocycles. The molecule has 4 heteroatoms. The summed E-state index contributed by atoms with van der Waals surface area (Å²) in [6.07, 6.45) is 8.87. The number of nitrogens with zero attached hydrogens (tertiary/aromatic N) is 2. The van der Waals surface area contributed by atoms with E-state index in [-0.39, 0.29) is 5.78 Å². The lowest BCUT2D eigenvalue weighted by Crippen LogP contribution is -2.14. The van der Waals surface area contributed by atoms with Gasteiger partial charge in [-0.3, -0.25) is 9.78 Å². The maximum absolute atomic E-state index is 12.2. The lowest BCUT2D eigenvalue weighted by atomic mass is 9.99. The molecule has 0 radical (unpaired) electrons. The van der Waals surface area contributed by atoms with Gasteiger partial charge in [0.1, 0.15) is 0 Å². The first-order valence-electron chi connectivity index (χ1n) is 8.31. The number of hydrogen-bond donors (Lipinski definition) is 0. The molecular formula is C20H20N2OS. The maximum Gasteiger partial charge on any atom is 0.188 e. The average Bonchev–Trinajstić information content (AvgIpc) is 3.28. The fraction of sp³-hybridized carbons (Fsp3) is 0.300. The lowest BCUT2D eigenvalue weighted by molar-refractivity contribution is 0.104. The molecule has 1 fully saturated rings. The van der Waals surface area contributed by atoms with Gasteiger partial charge in [-0.15, -0.1) is 0 Å². The van der Waals surface area contributed by atoms with Crippen LogP contribution < -0.4 is 0 Å². The molecule has 0 saturated carbocycles. The fourth-order valence-electron chi connectivity index (χ4n) is 3.61. The summed E-state index contributed by atoms with van der Waals surface area (Å²) in [5.41, 5.74) is 4.46. The van der Waals surface area contributed by atoms with Gasteiger partial charge in [0.25, 0.3) is 0 Å². The van der Waals surface area contributed by atoms with Crippen LogP contribution in [-0.4, -0.2) is 28.8 Å². The second kappa shape index (κ2) is 6.36. The van der Waals surface area contributed by atoms with Crippen molar-refractivity contribution in [1.82, 2.24) is 9.88 Å². The van der Waals surface area contributed by atoms with Gasteiger partial charge in [-0.25, -0.2) is 0 Å². The number of ketones is 1. The van der Waals surface area contributed by atoms with E-state index in [1.54, 1.807) is 23.6 Å². The van der Waals surface area contributed by atoms with Crippen LogP contribution in [0, 0.1) is 18.8 Å². The van der Waals surface area contributed by atoms with Gasteiger partial charge in [-0.1, -0.05) is 6.08 Å². The van der Waals surface area contributed by atoms with Crippen molar-refractivity contribution < 1.29 is 4.79 Å². The standard InChI is InChI=1S/C20H20N2OS/c1-14-2-3-15(10-21-14)20(23)4-6-22-11-18-8-17(9-19(18)12-22)16-5-7-24-13-16/h2-8,10,13,18-19H,9,11-12H2,1H3/b6-4+. The Labute approximate surface area is 146 Å². The minimum atomic E-state index is 0.0223. The summed E-state index contributed by atoms with van der Waals surface area (Å²) in [7, 11) is 0. The van der Waals surface area contributed by atoms with Gasteiger partial charge in [-0.2, -0.15) is 11.3 Å². The van der Waals surface area contributed by atoms with Crippen molar-refractivity contribution in [1.29, 1.82) is 0 Å². The Balaban J connectivity index is 1.38. The van der Waals surface area contributed by atoms with E-state index in [0.717, 1.165) is 25.2 Å². The van der Waals surface area contributed by atoms with Crippen LogP contribution >= 0.6 is 11.3 Å². The molecule has 0 N–H and O–H groups in total. The largest absolute Gasteiger partial charge is 0.376 e. The molecule has 3 heterocycles. The van der Waals surface area contributed by atoms with Gasteiger partial charge < -0.3 is 4.90 Å². The summed E-state index contributed by atoms with van der Waals surface area (Å²) in [5, 5.41) is 4.38.